The highest BCUT2D eigenvalue weighted by molar-refractivity contribution is 5.85. The number of ether oxygens (including phenoxy) is 1. The Hall–Kier alpha value is -2.37. The van der Waals surface area contributed by atoms with Crippen LogP contribution in [0.4, 0.5) is 4.39 Å². The molecule has 29 heavy (non-hydrogen) atoms. The van der Waals surface area contributed by atoms with E-state index in [9.17, 15) is 9.18 Å². The summed E-state index contributed by atoms with van der Waals surface area (Å²) in [7, 11) is 0. The first kappa shape index (κ1) is 21.3. The number of carbonyl (C=O) groups is 1. The molecule has 2 aromatic rings. The standard InChI is InChI=1S/C23H24FNO3.ClH/c24-19-6-3-17(4-7-19)1-2-18-5-8-20-21(15-18)28-16-23(20)10-13-25(14-11-23)12-9-22(26)27;/h1-8,15H,9-14,16H2,(H,26,27);1H. The van der Waals surface area contributed by atoms with E-state index in [2.05, 4.69) is 23.1 Å². The predicted molar refractivity (Wildman–Crippen MR) is 114 cm³/mol. The second-order valence-corrected chi connectivity index (χ2v) is 7.69. The Balaban J connectivity index is 0.00000240. The first-order chi connectivity index (χ1) is 13.5. The smallest absolute Gasteiger partial charge is 0.304 e. The van der Waals surface area contributed by atoms with Gasteiger partial charge in [-0.25, -0.2) is 4.39 Å². The van der Waals surface area contributed by atoms with Crippen LogP contribution in [-0.2, 0) is 10.2 Å². The molecule has 2 aliphatic heterocycles. The van der Waals surface area contributed by atoms with Crippen LogP contribution in [-0.4, -0.2) is 42.2 Å². The third kappa shape index (κ3) is 4.80. The van der Waals surface area contributed by atoms with Gasteiger partial charge in [-0.3, -0.25) is 4.79 Å². The summed E-state index contributed by atoms with van der Waals surface area (Å²) in [5.41, 5.74) is 3.32. The summed E-state index contributed by atoms with van der Waals surface area (Å²) in [5, 5.41) is 8.87. The highest BCUT2D eigenvalue weighted by Gasteiger charge is 2.42. The molecule has 0 unspecified atom stereocenters. The van der Waals surface area contributed by atoms with Gasteiger partial charge in [0.15, 0.2) is 0 Å². The number of carboxylic acid groups (broad SMARTS) is 1. The lowest BCUT2D eigenvalue weighted by Crippen LogP contribution is -2.44. The van der Waals surface area contributed by atoms with Crippen LogP contribution in [0.5, 0.6) is 5.75 Å². The lowest BCUT2D eigenvalue weighted by atomic mass is 9.74. The molecule has 1 saturated heterocycles. The maximum Gasteiger partial charge on any atom is 0.304 e. The minimum atomic E-state index is -0.740. The molecule has 0 aliphatic carbocycles. The minimum absolute atomic E-state index is 0. The van der Waals surface area contributed by atoms with Crippen molar-refractivity contribution in [2.24, 2.45) is 0 Å². The van der Waals surface area contributed by atoms with E-state index >= 15 is 0 Å². The molecule has 0 aromatic heterocycles. The van der Waals surface area contributed by atoms with E-state index in [0.717, 1.165) is 42.8 Å². The van der Waals surface area contributed by atoms with Gasteiger partial charge in [-0.1, -0.05) is 36.4 Å². The van der Waals surface area contributed by atoms with Gasteiger partial charge in [-0.05, 0) is 55.3 Å². The van der Waals surface area contributed by atoms with Gasteiger partial charge in [0.25, 0.3) is 0 Å². The molecule has 0 radical (unpaired) electrons. The topological polar surface area (TPSA) is 49.8 Å². The number of piperidine rings is 1. The molecule has 4 rings (SSSR count). The Kier molecular flexibility index (Phi) is 6.60. The summed E-state index contributed by atoms with van der Waals surface area (Å²) in [6.07, 6.45) is 6.15. The number of likely N-dealkylation sites (tertiary alicyclic amines) is 1. The first-order valence-electron chi connectivity index (χ1n) is 9.69. The van der Waals surface area contributed by atoms with Gasteiger partial charge in [0.05, 0.1) is 13.0 Å². The van der Waals surface area contributed by atoms with Crippen LogP contribution in [0.2, 0.25) is 0 Å². The van der Waals surface area contributed by atoms with Crippen molar-refractivity contribution in [2.75, 3.05) is 26.2 Å². The summed E-state index contributed by atoms with van der Waals surface area (Å²) in [6, 6.07) is 12.8. The Labute approximate surface area is 176 Å². The zero-order valence-electron chi connectivity index (χ0n) is 16.1. The van der Waals surface area contributed by atoms with Crippen LogP contribution in [0.15, 0.2) is 42.5 Å². The number of hydrogen-bond donors (Lipinski definition) is 1. The van der Waals surface area contributed by atoms with E-state index in [1.807, 2.05) is 12.2 Å². The molecular weight excluding hydrogens is 393 g/mol. The third-order valence-electron chi connectivity index (χ3n) is 5.87. The van der Waals surface area contributed by atoms with Gasteiger partial charge in [0.2, 0.25) is 0 Å². The molecule has 154 valence electrons. The molecule has 0 amide bonds. The van der Waals surface area contributed by atoms with E-state index < -0.39 is 5.97 Å². The van der Waals surface area contributed by atoms with E-state index in [1.54, 1.807) is 12.1 Å². The molecule has 1 N–H and O–H groups in total. The van der Waals surface area contributed by atoms with Crippen molar-refractivity contribution in [3.8, 4) is 5.75 Å². The minimum Gasteiger partial charge on any atom is -0.492 e. The molecule has 1 spiro atoms. The van der Waals surface area contributed by atoms with E-state index in [4.69, 9.17) is 9.84 Å². The van der Waals surface area contributed by atoms with E-state index in [1.165, 1.54) is 17.7 Å². The fourth-order valence-electron chi connectivity index (χ4n) is 4.13. The average molecular weight is 418 g/mol. The van der Waals surface area contributed by atoms with Crippen molar-refractivity contribution in [1.82, 2.24) is 4.90 Å². The van der Waals surface area contributed by atoms with Crippen LogP contribution >= 0.6 is 12.4 Å². The van der Waals surface area contributed by atoms with Crippen molar-refractivity contribution < 1.29 is 19.0 Å². The zero-order chi connectivity index (χ0) is 19.6. The zero-order valence-corrected chi connectivity index (χ0v) is 17.0. The second kappa shape index (κ2) is 8.97. The van der Waals surface area contributed by atoms with Crippen molar-refractivity contribution in [1.29, 1.82) is 0 Å². The lowest BCUT2D eigenvalue weighted by Gasteiger charge is -2.38. The van der Waals surface area contributed by atoms with Crippen LogP contribution in [0.1, 0.15) is 36.0 Å². The maximum absolute atomic E-state index is 13.0. The van der Waals surface area contributed by atoms with Crippen LogP contribution in [0.3, 0.4) is 0 Å². The normalized spacial score (nSPS) is 17.7. The molecule has 1 fully saturated rings. The quantitative estimate of drug-likeness (QED) is 0.721. The predicted octanol–water partition coefficient (Wildman–Crippen LogP) is 4.62. The molecular formula is C23H25ClFNO3. The number of carboxylic acids is 1. The number of rotatable bonds is 5. The number of hydrogen-bond acceptors (Lipinski definition) is 3. The number of fused-ring (bicyclic) bond motifs is 2. The Morgan fingerprint density at radius 1 is 1.10 bits per heavy atom. The third-order valence-corrected chi connectivity index (χ3v) is 5.87. The highest BCUT2D eigenvalue weighted by Crippen LogP contribution is 2.45. The largest absolute Gasteiger partial charge is 0.492 e. The summed E-state index contributed by atoms with van der Waals surface area (Å²) in [6.45, 7) is 3.12. The van der Waals surface area contributed by atoms with Crippen LogP contribution in [0.25, 0.3) is 12.2 Å². The molecule has 6 heteroatoms. The Morgan fingerprint density at radius 3 is 2.45 bits per heavy atom. The molecule has 0 saturated carbocycles. The van der Waals surface area contributed by atoms with E-state index in [0.29, 0.717) is 13.2 Å². The summed E-state index contributed by atoms with van der Waals surface area (Å²) < 4.78 is 19.0. The van der Waals surface area contributed by atoms with E-state index in [-0.39, 0.29) is 30.1 Å². The van der Waals surface area contributed by atoms with Crippen molar-refractivity contribution in [2.45, 2.75) is 24.7 Å². The Morgan fingerprint density at radius 2 is 1.76 bits per heavy atom. The van der Waals surface area contributed by atoms with Gasteiger partial charge in [0, 0.05) is 17.5 Å². The fourth-order valence-corrected chi connectivity index (χ4v) is 4.13. The van der Waals surface area contributed by atoms with Crippen LogP contribution < -0.4 is 4.74 Å². The number of nitrogens with zero attached hydrogens (tertiary/aromatic N) is 1. The van der Waals surface area contributed by atoms with Gasteiger partial charge in [-0.2, -0.15) is 0 Å². The highest BCUT2D eigenvalue weighted by atomic mass is 35.5. The molecule has 0 bridgehead atoms. The van der Waals surface area contributed by atoms with Crippen molar-refractivity contribution >= 4 is 30.5 Å². The van der Waals surface area contributed by atoms with Crippen LogP contribution in [0, 0.1) is 5.82 Å². The first-order valence-corrected chi connectivity index (χ1v) is 9.69. The SMILES string of the molecule is Cl.O=C(O)CCN1CCC2(CC1)COc1cc(C=Cc3ccc(F)cc3)ccc12. The molecule has 0 atom stereocenters. The summed E-state index contributed by atoms with van der Waals surface area (Å²) >= 11 is 0. The fraction of sp³-hybridized carbons (Fsp3) is 0.348. The number of aliphatic carboxylic acids is 1. The molecule has 2 aromatic carbocycles. The average Bonchev–Trinajstić information content (AvgIpc) is 3.05. The Bertz CT molecular complexity index is 889. The van der Waals surface area contributed by atoms with Gasteiger partial charge in [0.1, 0.15) is 11.6 Å². The van der Waals surface area contributed by atoms with Gasteiger partial charge < -0.3 is 14.7 Å². The van der Waals surface area contributed by atoms with Gasteiger partial charge >= 0.3 is 5.97 Å². The van der Waals surface area contributed by atoms with Crippen molar-refractivity contribution in [3.05, 3.63) is 65.0 Å². The van der Waals surface area contributed by atoms with Gasteiger partial charge in [-0.15, -0.1) is 12.4 Å². The lowest BCUT2D eigenvalue weighted by molar-refractivity contribution is -0.137. The summed E-state index contributed by atoms with van der Waals surface area (Å²) in [4.78, 5) is 13.0. The maximum atomic E-state index is 13.0. The van der Waals surface area contributed by atoms with Crippen molar-refractivity contribution in [3.63, 3.8) is 0 Å². The summed E-state index contributed by atoms with van der Waals surface area (Å²) in [5.74, 6) is -0.0290. The molecule has 4 nitrogen and oxygen atoms in total. The number of halogens is 2. The molecule has 2 aliphatic rings. The monoisotopic (exact) mass is 417 g/mol. The molecule has 2 heterocycles. The number of benzene rings is 2. The second-order valence-electron chi connectivity index (χ2n) is 7.69.